The van der Waals surface area contributed by atoms with Gasteiger partial charge in [-0.2, -0.15) is 0 Å². The van der Waals surface area contributed by atoms with Crippen LogP contribution in [0.2, 0.25) is 0 Å². The molecule has 0 aliphatic carbocycles. The average molecular weight is 357 g/mol. The Morgan fingerprint density at radius 1 is 1.23 bits per heavy atom. The molecule has 5 nitrogen and oxygen atoms in total. The number of aromatic nitrogens is 2. The smallest absolute Gasteiger partial charge is 0.259 e. The number of nitrogens with zero attached hydrogens (tertiary/aromatic N) is 3. The quantitative estimate of drug-likeness (QED) is 0.775. The molecular formula is C19H17F2N3O2. The predicted molar refractivity (Wildman–Crippen MR) is 91.3 cm³/mol. The summed E-state index contributed by atoms with van der Waals surface area (Å²) in [6.07, 6.45) is 2.32. The van der Waals surface area contributed by atoms with Gasteiger partial charge < -0.3 is 4.74 Å². The van der Waals surface area contributed by atoms with E-state index in [0.717, 1.165) is 18.2 Å². The van der Waals surface area contributed by atoms with Crippen molar-refractivity contribution in [1.82, 2.24) is 9.97 Å². The number of benzene rings is 1. The normalized spacial score (nSPS) is 18.6. The van der Waals surface area contributed by atoms with Crippen LogP contribution in [0.1, 0.15) is 25.0 Å². The van der Waals surface area contributed by atoms with Crippen molar-refractivity contribution in [3.8, 4) is 11.8 Å². The molecule has 1 atom stereocenters. The van der Waals surface area contributed by atoms with Crippen LogP contribution in [0.4, 0.5) is 14.7 Å². The minimum absolute atomic E-state index is 0.0477. The highest BCUT2D eigenvalue weighted by Crippen LogP contribution is 2.34. The summed E-state index contributed by atoms with van der Waals surface area (Å²) in [6, 6.07) is 3.07. The van der Waals surface area contributed by atoms with E-state index < -0.39 is 17.7 Å². The maximum Gasteiger partial charge on any atom is 0.259 e. The molecule has 1 fully saturated rings. The first-order valence-corrected chi connectivity index (χ1v) is 7.95. The van der Waals surface area contributed by atoms with E-state index in [2.05, 4.69) is 21.8 Å². The van der Waals surface area contributed by atoms with Crippen molar-refractivity contribution < 1.29 is 18.3 Å². The van der Waals surface area contributed by atoms with Crippen LogP contribution in [0.25, 0.3) is 0 Å². The van der Waals surface area contributed by atoms with E-state index in [0.29, 0.717) is 12.1 Å². The van der Waals surface area contributed by atoms with Crippen molar-refractivity contribution in [3.63, 3.8) is 0 Å². The maximum absolute atomic E-state index is 13.6. The van der Waals surface area contributed by atoms with Crippen LogP contribution in [0.5, 0.6) is 0 Å². The van der Waals surface area contributed by atoms with Gasteiger partial charge >= 0.3 is 0 Å². The van der Waals surface area contributed by atoms with Crippen molar-refractivity contribution in [3.05, 3.63) is 53.4 Å². The number of carbonyl (C=O) groups excluding carboxylic acids is 1. The zero-order chi connectivity index (χ0) is 18.9. The second-order valence-corrected chi connectivity index (χ2v) is 6.67. The molecule has 0 bridgehead atoms. The van der Waals surface area contributed by atoms with E-state index >= 15 is 0 Å². The van der Waals surface area contributed by atoms with Gasteiger partial charge in [-0.05, 0) is 18.2 Å². The zero-order valence-corrected chi connectivity index (χ0v) is 14.6. The van der Waals surface area contributed by atoms with E-state index in [-0.39, 0.29) is 22.8 Å². The van der Waals surface area contributed by atoms with Crippen molar-refractivity contribution in [2.45, 2.75) is 20.0 Å². The highest BCUT2D eigenvalue weighted by atomic mass is 19.1. The Morgan fingerprint density at radius 3 is 2.54 bits per heavy atom. The summed E-state index contributed by atoms with van der Waals surface area (Å²) in [5, 5.41) is 0. The fraction of sp³-hybridized carbons (Fsp3) is 0.316. The van der Waals surface area contributed by atoms with Crippen LogP contribution in [0.3, 0.4) is 0 Å². The zero-order valence-electron chi connectivity index (χ0n) is 14.6. The molecule has 0 radical (unpaired) electrons. The molecule has 2 heterocycles. The van der Waals surface area contributed by atoms with Crippen LogP contribution in [0.15, 0.2) is 30.6 Å². The van der Waals surface area contributed by atoms with Crippen molar-refractivity contribution in [2.24, 2.45) is 5.41 Å². The van der Waals surface area contributed by atoms with Crippen molar-refractivity contribution in [1.29, 1.82) is 0 Å². The monoisotopic (exact) mass is 357 g/mol. The standard InChI is InChI=1S/C19H17F2N3O2/c1-19(2)11-24(17(25)16(19)26-3)18-22-9-12(10-23-18)4-5-13-8-14(20)6-7-15(13)21/h6-10,16H,11H2,1-3H3/t16-/m0/s1. The molecule has 7 heteroatoms. The Hall–Kier alpha value is -2.85. The van der Waals surface area contributed by atoms with Crippen molar-refractivity contribution in [2.75, 3.05) is 18.6 Å². The van der Waals surface area contributed by atoms with Gasteiger partial charge in [-0.3, -0.25) is 9.69 Å². The highest BCUT2D eigenvalue weighted by Gasteiger charge is 2.47. The fourth-order valence-electron chi connectivity index (χ4n) is 2.89. The molecule has 1 aliphatic heterocycles. The Labute approximate surface area is 150 Å². The molecule has 1 saturated heterocycles. The Bertz CT molecular complexity index is 901. The first-order valence-electron chi connectivity index (χ1n) is 7.95. The molecule has 0 saturated carbocycles. The number of ether oxygens (including phenoxy) is 1. The topological polar surface area (TPSA) is 55.3 Å². The molecule has 1 aromatic carbocycles. The van der Waals surface area contributed by atoms with E-state index in [1.54, 1.807) is 0 Å². The van der Waals surface area contributed by atoms with Gasteiger partial charge in [0.2, 0.25) is 5.95 Å². The number of rotatable bonds is 2. The SMILES string of the molecule is CO[C@H]1C(=O)N(c2ncc(C#Cc3cc(F)ccc3F)cn2)CC1(C)C. The largest absolute Gasteiger partial charge is 0.371 e. The van der Waals surface area contributed by atoms with Crippen LogP contribution < -0.4 is 4.90 Å². The highest BCUT2D eigenvalue weighted by molar-refractivity contribution is 5.98. The molecule has 1 aromatic heterocycles. The van der Waals surface area contributed by atoms with Gasteiger partial charge in [-0.1, -0.05) is 25.7 Å². The lowest BCUT2D eigenvalue weighted by Gasteiger charge is -2.21. The Kier molecular flexibility index (Phi) is 4.70. The van der Waals surface area contributed by atoms with Crippen LogP contribution in [-0.2, 0) is 9.53 Å². The summed E-state index contributed by atoms with van der Waals surface area (Å²) in [5.41, 5.74) is 0.0165. The minimum Gasteiger partial charge on any atom is -0.371 e. The van der Waals surface area contributed by atoms with Gasteiger partial charge in [0.15, 0.2) is 0 Å². The number of hydrogen-bond donors (Lipinski definition) is 0. The third-order valence-electron chi connectivity index (χ3n) is 4.15. The molecule has 3 rings (SSSR count). The van der Waals surface area contributed by atoms with E-state index in [9.17, 15) is 13.6 Å². The molecule has 26 heavy (non-hydrogen) atoms. The number of anilines is 1. The molecule has 1 aliphatic rings. The lowest BCUT2D eigenvalue weighted by Crippen LogP contribution is -2.33. The number of hydrogen-bond acceptors (Lipinski definition) is 4. The number of amides is 1. The van der Waals surface area contributed by atoms with Gasteiger partial charge in [0.1, 0.15) is 17.7 Å². The molecule has 0 unspecified atom stereocenters. The lowest BCUT2D eigenvalue weighted by atomic mass is 9.90. The molecule has 1 amide bonds. The second-order valence-electron chi connectivity index (χ2n) is 6.67. The van der Waals surface area contributed by atoms with Crippen molar-refractivity contribution >= 4 is 11.9 Å². The van der Waals surface area contributed by atoms with Gasteiger partial charge in [-0.25, -0.2) is 18.7 Å². The average Bonchev–Trinajstić information content (AvgIpc) is 2.84. The predicted octanol–water partition coefficient (Wildman–Crippen LogP) is 2.54. The fourth-order valence-corrected chi connectivity index (χ4v) is 2.89. The van der Waals surface area contributed by atoms with Gasteiger partial charge in [-0.15, -0.1) is 0 Å². The lowest BCUT2D eigenvalue weighted by molar-refractivity contribution is -0.128. The first kappa shape index (κ1) is 18.0. The second kappa shape index (κ2) is 6.81. The minimum atomic E-state index is -0.605. The summed E-state index contributed by atoms with van der Waals surface area (Å²) in [6.45, 7) is 4.31. The van der Waals surface area contributed by atoms with Crippen LogP contribution >= 0.6 is 0 Å². The molecule has 0 spiro atoms. The number of halogens is 2. The number of methoxy groups -OCH3 is 1. The Balaban J connectivity index is 1.81. The summed E-state index contributed by atoms with van der Waals surface area (Å²) < 4.78 is 32.0. The summed E-state index contributed by atoms with van der Waals surface area (Å²) in [4.78, 5) is 22.2. The third-order valence-corrected chi connectivity index (χ3v) is 4.15. The van der Waals surface area contributed by atoms with E-state index in [1.807, 2.05) is 13.8 Å². The van der Waals surface area contributed by atoms with Gasteiger partial charge in [0.25, 0.3) is 5.91 Å². The van der Waals surface area contributed by atoms with E-state index in [1.165, 1.54) is 24.4 Å². The first-order chi connectivity index (χ1) is 12.3. The number of carbonyl (C=O) groups is 1. The summed E-state index contributed by atoms with van der Waals surface area (Å²) in [5.74, 6) is 4.13. The summed E-state index contributed by atoms with van der Waals surface area (Å²) >= 11 is 0. The third kappa shape index (κ3) is 3.41. The van der Waals surface area contributed by atoms with Gasteiger partial charge in [0.05, 0.1) is 11.1 Å². The molecule has 0 N–H and O–H groups in total. The Morgan fingerprint density at radius 2 is 1.92 bits per heavy atom. The van der Waals surface area contributed by atoms with Gasteiger partial charge in [0, 0.05) is 31.5 Å². The molecular weight excluding hydrogens is 340 g/mol. The molecule has 134 valence electrons. The van der Waals surface area contributed by atoms with Crippen LogP contribution in [0, 0.1) is 28.9 Å². The van der Waals surface area contributed by atoms with E-state index in [4.69, 9.17) is 4.74 Å². The summed E-state index contributed by atoms with van der Waals surface area (Å²) in [7, 11) is 1.50. The maximum atomic E-state index is 13.6. The molecule has 2 aromatic rings. The van der Waals surface area contributed by atoms with Crippen LogP contribution in [-0.4, -0.2) is 35.6 Å².